The molecule has 0 radical (unpaired) electrons. The molecule has 3 aromatic heterocycles. The number of pyridine rings is 2. The minimum absolute atomic E-state index is 0.152. The van der Waals surface area contributed by atoms with Crippen molar-refractivity contribution in [3.8, 4) is 0 Å². The second-order valence-electron chi connectivity index (χ2n) is 15.3. The molecule has 0 atom stereocenters. The van der Waals surface area contributed by atoms with Gasteiger partial charge in [0, 0.05) is 16.8 Å². The van der Waals surface area contributed by atoms with Gasteiger partial charge in [-0.1, -0.05) is 77.1 Å². The molecular formula is C40H43N2+. The van der Waals surface area contributed by atoms with Gasteiger partial charge in [0.1, 0.15) is 7.05 Å². The summed E-state index contributed by atoms with van der Waals surface area (Å²) in [4.78, 5) is 0. The van der Waals surface area contributed by atoms with Crippen LogP contribution in [0.2, 0.25) is 0 Å². The molecule has 0 spiro atoms. The minimum Gasteiger partial charge on any atom is -0.307 e. The van der Waals surface area contributed by atoms with Crippen LogP contribution >= 0.6 is 0 Å². The Bertz CT molecular complexity index is 2190. The summed E-state index contributed by atoms with van der Waals surface area (Å²) in [5.41, 5.74) is 10.6. The predicted molar refractivity (Wildman–Crippen MR) is 180 cm³/mol. The minimum atomic E-state index is 0.152. The standard InChI is InChI=1S/C40H43N2/c1-24-27-12-8-9-13-28(27)31(23-39(2,3)4)36-33(24)37-34-26(18-21-41(37)7)22-30(25-16-19-40(5,6)20-17-25)35-29-14-10-11-15-32(29)42(36)38(34)35/h8-15,18,21-22,25H,16-17,19-20,23H2,1-7H3/q+1. The van der Waals surface area contributed by atoms with Gasteiger partial charge in [-0.05, 0) is 101 Å². The third-order valence-electron chi connectivity index (χ3n) is 10.6. The molecule has 0 bridgehead atoms. The van der Waals surface area contributed by atoms with Gasteiger partial charge in [0.15, 0.2) is 6.20 Å². The van der Waals surface area contributed by atoms with Crippen LogP contribution in [-0.4, -0.2) is 4.40 Å². The number of rotatable bonds is 2. The predicted octanol–water partition coefficient (Wildman–Crippen LogP) is 10.5. The van der Waals surface area contributed by atoms with E-state index >= 15 is 0 Å². The second-order valence-corrected chi connectivity index (χ2v) is 15.3. The summed E-state index contributed by atoms with van der Waals surface area (Å²) >= 11 is 0. The fraction of sp³-hybridized carbons (Fsp3) is 0.375. The summed E-state index contributed by atoms with van der Waals surface area (Å²) in [5.74, 6) is 0.605. The van der Waals surface area contributed by atoms with E-state index in [1.54, 1.807) is 5.56 Å². The number of nitrogens with zero attached hydrogens (tertiary/aromatic N) is 2. The van der Waals surface area contributed by atoms with Crippen LogP contribution in [0.25, 0.3) is 59.8 Å². The van der Waals surface area contributed by atoms with E-state index in [4.69, 9.17) is 0 Å². The molecule has 1 aliphatic carbocycles. The van der Waals surface area contributed by atoms with Crippen LogP contribution in [0, 0.1) is 17.8 Å². The molecule has 0 N–H and O–H groups in total. The smallest absolute Gasteiger partial charge is 0.224 e. The number of fused-ring (bicyclic) bond motifs is 7. The Balaban J connectivity index is 1.67. The Labute approximate surface area is 249 Å². The number of hydrogen-bond donors (Lipinski definition) is 0. The zero-order valence-electron chi connectivity index (χ0n) is 26.4. The van der Waals surface area contributed by atoms with E-state index in [2.05, 4.69) is 124 Å². The van der Waals surface area contributed by atoms with Crippen molar-refractivity contribution in [3.63, 3.8) is 0 Å². The van der Waals surface area contributed by atoms with Gasteiger partial charge in [0.05, 0.1) is 27.3 Å². The number of aryl methyl sites for hydroxylation is 2. The van der Waals surface area contributed by atoms with Crippen LogP contribution in [0.5, 0.6) is 0 Å². The van der Waals surface area contributed by atoms with Crippen LogP contribution in [0.4, 0.5) is 0 Å². The Hall–Kier alpha value is -3.65. The fourth-order valence-electron chi connectivity index (χ4n) is 8.52. The van der Waals surface area contributed by atoms with Gasteiger partial charge in [-0.2, -0.15) is 0 Å². The molecule has 0 amide bonds. The molecule has 0 unspecified atom stereocenters. The number of benzene rings is 4. The molecule has 7 aromatic rings. The SMILES string of the molecule is Cc1c2ccccc2c(CC(C)(C)C)c2c1c1c3c(cc[n+]1C)cc(C1CCC(C)(C)CC1)c1c4ccccc4n2c13. The van der Waals surface area contributed by atoms with Gasteiger partial charge in [0.25, 0.3) is 0 Å². The summed E-state index contributed by atoms with van der Waals surface area (Å²) in [7, 11) is 2.25. The lowest BCUT2D eigenvalue weighted by Crippen LogP contribution is -2.29. The Kier molecular flexibility index (Phi) is 5.38. The third-order valence-corrected chi connectivity index (χ3v) is 10.6. The van der Waals surface area contributed by atoms with E-state index < -0.39 is 0 Å². The highest BCUT2D eigenvalue weighted by molar-refractivity contribution is 6.29. The van der Waals surface area contributed by atoms with Gasteiger partial charge in [-0.25, -0.2) is 4.57 Å². The first-order valence-corrected chi connectivity index (χ1v) is 16.0. The van der Waals surface area contributed by atoms with Crippen LogP contribution < -0.4 is 4.57 Å². The molecule has 1 saturated carbocycles. The van der Waals surface area contributed by atoms with Gasteiger partial charge in [-0.15, -0.1) is 0 Å². The lowest BCUT2D eigenvalue weighted by Gasteiger charge is -2.35. The first kappa shape index (κ1) is 26.0. The van der Waals surface area contributed by atoms with Crippen LogP contribution in [-0.2, 0) is 13.5 Å². The topological polar surface area (TPSA) is 8.29 Å². The van der Waals surface area contributed by atoms with E-state index in [1.807, 2.05) is 0 Å². The molecule has 2 nitrogen and oxygen atoms in total. The molecule has 1 aliphatic rings. The molecule has 42 heavy (non-hydrogen) atoms. The second kappa shape index (κ2) is 8.69. The lowest BCUT2D eigenvalue weighted by atomic mass is 9.70. The maximum Gasteiger partial charge on any atom is 0.224 e. The van der Waals surface area contributed by atoms with E-state index in [1.165, 1.54) is 96.6 Å². The summed E-state index contributed by atoms with van der Waals surface area (Å²) < 4.78 is 5.10. The zero-order chi connectivity index (χ0) is 29.1. The van der Waals surface area contributed by atoms with Crippen molar-refractivity contribution in [2.45, 2.75) is 79.6 Å². The van der Waals surface area contributed by atoms with Crippen molar-refractivity contribution in [1.82, 2.24) is 4.40 Å². The Morgan fingerprint density at radius 3 is 2.21 bits per heavy atom. The maximum absolute atomic E-state index is 2.70. The fourth-order valence-corrected chi connectivity index (χ4v) is 8.52. The number of hydrogen-bond acceptors (Lipinski definition) is 0. The average molecular weight is 552 g/mol. The van der Waals surface area contributed by atoms with E-state index in [0.29, 0.717) is 11.3 Å². The molecule has 1 fully saturated rings. The maximum atomic E-state index is 2.70. The van der Waals surface area contributed by atoms with Crippen molar-refractivity contribution >= 4 is 59.8 Å². The first-order chi connectivity index (χ1) is 20.0. The Morgan fingerprint density at radius 2 is 1.50 bits per heavy atom. The van der Waals surface area contributed by atoms with Crippen LogP contribution in [0.1, 0.15) is 82.9 Å². The molecule has 2 heteroatoms. The van der Waals surface area contributed by atoms with Gasteiger partial charge in [-0.3, -0.25) is 0 Å². The summed E-state index contributed by atoms with van der Waals surface area (Å²) in [6.07, 6.45) is 8.48. The van der Waals surface area contributed by atoms with Gasteiger partial charge >= 0.3 is 0 Å². The first-order valence-electron chi connectivity index (χ1n) is 16.0. The zero-order valence-corrected chi connectivity index (χ0v) is 26.4. The Morgan fingerprint density at radius 1 is 0.833 bits per heavy atom. The van der Waals surface area contributed by atoms with Gasteiger partial charge in [0.2, 0.25) is 5.52 Å². The third kappa shape index (κ3) is 3.60. The van der Waals surface area contributed by atoms with Crippen LogP contribution in [0.15, 0.2) is 66.9 Å². The van der Waals surface area contributed by atoms with E-state index in [0.717, 1.165) is 6.42 Å². The monoisotopic (exact) mass is 551 g/mol. The van der Waals surface area contributed by atoms with E-state index in [-0.39, 0.29) is 5.41 Å². The summed E-state index contributed by atoms with van der Waals surface area (Å²) in [5, 5.41) is 9.89. The molecule has 0 aliphatic heterocycles. The van der Waals surface area contributed by atoms with Crippen LogP contribution in [0.3, 0.4) is 0 Å². The molecule has 3 heterocycles. The highest BCUT2D eigenvalue weighted by Crippen LogP contribution is 2.50. The number of aromatic nitrogens is 2. The number of para-hydroxylation sites is 1. The van der Waals surface area contributed by atoms with Crippen molar-refractivity contribution in [1.29, 1.82) is 0 Å². The molecule has 8 rings (SSSR count). The van der Waals surface area contributed by atoms with Crippen molar-refractivity contribution in [2.24, 2.45) is 17.9 Å². The van der Waals surface area contributed by atoms with Crippen molar-refractivity contribution in [2.75, 3.05) is 0 Å². The quantitative estimate of drug-likeness (QED) is 0.115. The molecule has 0 saturated heterocycles. The average Bonchev–Trinajstić information content (AvgIpc) is 3.30. The lowest BCUT2D eigenvalue weighted by molar-refractivity contribution is -0.643. The largest absolute Gasteiger partial charge is 0.307 e. The highest BCUT2D eigenvalue weighted by Gasteiger charge is 2.33. The van der Waals surface area contributed by atoms with E-state index in [9.17, 15) is 0 Å². The van der Waals surface area contributed by atoms with Gasteiger partial charge < -0.3 is 4.40 Å². The summed E-state index contributed by atoms with van der Waals surface area (Å²) in [6, 6.07) is 23.3. The molecule has 212 valence electrons. The molecular weight excluding hydrogens is 508 g/mol. The molecule has 4 aromatic carbocycles. The highest BCUT2D eigenvalue weighted by atomic mass is 15.0. The summed E-state index contributed by atoms with van der Waals surface area (Å²) in [6.45, 7) is 14.4. The normalized spacial score (nSPS) is 16.7. The van der Waals surface area contributed by atoms with Crippen molar-refractivity contribution in [3.05, 3.63) is 83.6 Å². The van der Waals surface area contributed by atoms with Crippen molar-refractivity contribution < 1.29 is 4.57 Å².